The van der Waals surface area contributed by atoms with E-state index in [1.807, 2.05) is 24.3 Å². The van der Waals surface area contributed by atoms with Gasteiger partial charge in [-0.2, -0.15) is 0 Å². The number of likely N-dealkylation sites (N-methyl/N-ethyl adjacent to an activating group) is 1. The van der Waals surface area contributed by atoms with E-state index in [-0.39, 0.29) is 5.91 Å². The van der Waals surface area contributed by atoms with Gasteiger partial charge in [0.05, 0.1) is 5.56 Å². The van der Waals surface area contributed by atoms with Gasteiger partial charge in [-0.05, 0) is 25.3 Å². The van der Waals surface area contributed by atoms with E-state index < -0.39 is 0 Å². The molecule has 1 aromatic heterocycles. The van der Waals surface area contributed by atoms with Gasteiger partial charge in [0.15, 0.2) is 0 Å². The van der Waals surface area contributed by atoms with Crippen molar-refractivity contribution < 1.29 is 4.79 Å². The molecule has 1 aromatic carbocycles. The molecule has 21 heavy (non-hydrogen) atoms. The van der Waals surface area contributed by atoms with E-state index in [2.05, 4.69) is 22.2 Å². The fourth-order valence-corrected chi connectivity index (χ4v) is 2.69. The lowest BCUT2D eigenvalue weighted by Crippen LogP contribution is -2.34. The summed E-state index contributed by atoms with van der Waals surface area (Å²) in [6.45, 7) is 1.51. The number of hydrogen-bond donors (Lipinski definition) is 1. The van der Waals surface area contributed by atoms with Crippen molar-refractivity contribution in [1.29, 1.82) is 0 Å². The lowest BCUT2D eigenvalue weighted by molar-refractivity contribution is 0.0951. The van der Waals surface area contributed by atoms with Crippen molar-refractivity contribution in [3.8, 4) is 0 Å². The lowest BCUT2D eigenvalue weighted by Gasteiger charge is -2.16. The van der Waals surface area contributed by atoms with Crippen LogP contribution in [-0.2, 0) is 0 Å². The average Bonchev–Trinajstić information content (AvgIpc) is 3.32. The molecule has 110 valence electrons. The Hall–Kier alpha value is -1.65. The summed E-state index contributed by atoms with van der Waals surface area (Å²) in [5, 5.41) is 5.03. The van der Waals surface area contributed by atoms with Crippen LogP contribution >= 0.6 is 11.6 Å². The monoisotopic (exact) mass is 303 g/mol. The highest BCUT2D eigenvalue weighted by atomic mass is 35.5. The van der Waals surface area contributed by atoms with Crippen molar-refractivity contribution in [3.63, 3.8) is 0 Å². The van der Waals surface area contributed by atoms with Gasteiger partial charge in [-0.25, -0.2) is 4.98 Å². The third kappa shape index (κ3) is 3.17. The van der Waals surface area contributed by atoms with E-state index in [4.69, 9.17) is 11.6 Å². The molecule has 0 aliphatic heterocycles. The minimum atomic E-state index is -0.0976. The van der Waals surface area contributed by atoms with E-state index >= 15 is 0 Å². The third-order valence-corrected chi connectivity index (χ3v) is 4.21. The molecular formula is C16H18ClN3O. The molecule has 5 heteroatoms. The average molecular weight is 304 g/mol. The van der Waals surface area contributed by atoms with Gasteiger partial charge in [0.2, 0.25) is 0 Å². The van der Waals surface area contributed by atoms with Crippen molar-refractivity contribution in [2.75, 3.05) is 20.1 Å². The van der Waals surface area contributed by atoms with Crippen LogP contribution in [0.2, 0.25) is 5.15 Å². The fraction of sp³-hybridized carbons (Fsp3) is 0.375. The quantitative estimate of drug-likeness (QED) is 0.864. The van der Waals surface area contributed by atoms with Gasteiger partial charge >= 0.3 is 0 Å². The van der Waals surface area contributed by atoms with Gasteiger partial charge in [-0.15, -0.1) is 0 Å². The molecule has 1 N–H and O–H groups in total. The first-order valence-electron chi connectivity index (χ1n) is 7.18. The number of hydrogen-bond acceptors (Lipinski definition) is 3. The molecule has 0 spiro atoms. The van der Waals surface area contributed by atoms with Crippen molar-refractivity contribution in [1.82, 2.24) is 15.2 Å². The Morgan fingerprint density at radius 1 is 1.38 bits per heavy atom. The van der Waals surface area contributed by atoms with E-state index in [1.165, 1.54) is 12.8 Å². The zero-order valence-electron chi connectivity index (χ0n) is 12.0. The summed E-state index contributed by atoms with van der Waals surface area (Å²) in [5.74, 6) is -0.0976. The number of nitrogens with one attached hydrogen (secondary N) is 1. The van der Waals surface area contributed by atoms with Gasteiger partial charge < -0.3 is 10.2 Å². The number of carbonyl (C=O) groups excluding carboxylic acids is 1. The van der Waals surface area contributed by atoms with Gasteiger partial charge in [0, 0.05) is 30.7 Å². The van der Waals surface area contributed by atoms with Crippen LogP contribution in [0.25, 0.3) is 10.8 Å². The summed E-state index contributed by atoms with van der Waals surface area (Å²) < 4.78 is 0. The molecule has 2 aromatic rings. The number of rotatable bonds is 5. The summed E-state index contributed by atoms with van der Waals surface area (Å²) in [5.41, 5.74) is 0.573. The van der Waals surface area contributed by atoms with E-state index in [0.29, 0.717) is 23.3 Å². The van der Waals surface area contributed by atoms with Crippen LogP contribution in [0.4, 0.5) is 0 Å². The molecule has 1 heterocycles. The molecule has 3 rings (SSSR count). The Morgan fingerprint density at radius 3 is 2.81 bits per heavy atom. The Morgan fingerprint density at radius 2 is 2.10 bits per heavy atom. The second kappa shape index (κ2) is 6.00. The normalized spacial score (nSPS) is 14.6. The molecule has 1 aliphatic rings. The van der Waals surface area contributed by atoms with Crippen LogP contribution in [0.3, 0.4) is 0 Å². The highest BCUT2D eigenvalue weighted by Gasteiger charge is 2.25. The number of aromatic nitrogens is 1. The van der Waals surface area contributed by atoms with Crippen LogP contribution < -0.4 is 5.32 Å². The van der Waals surface area contributed by atoms with Crippen LogP contribution in [0, 0.1) is 0 Å². The van der Waals surface area contributed by atoms with Gasteiger partial charge in [0.25, 0.3) is 5.91 Å². The number of amides is 1. The molecule has 0 atom stereocenters. The predicted molar refractivity (Wildman–Crippen MR) is 84.7 cm³/mol. The number of pyridine rings is 1. The maximum absolute atomic E-state index is 12.3. The summed E-state index contributed by atoms with van der Waals surface area (Å²) in [4.78, 5) is 18.7. The standard InChI is InChI=1S/C16H18ClN3O/c1-20(11-6-7-11)9-8-18-16(21)14-10-19-15(17)13-5-3-2-4-12(13)14/h2-5,10-11H,6-9H2,1H3,(H,18,21). The molecular weight excluding hydrogens is 286 g/mol. The summed E-state index contributed by atoms with van der Waals surface area (Å²) >= 11 is 6.07. The molecule has 1 amide bonds. The van der Waals surface area contributed by atoms with Crippen LogP contribution in [-0.4, -0.2) is 42.0 Å². The number of fused-ring (bicyclic) bond motifs is 1. The minimum absolute atomic E-state index is 0.0976. The van der Waals surface area contributed by atoms with E-state index in [1.54, 1.807) is 6.20 Å². The molecule has 1 fully saturated rings. The smallest absolute Gasteiger partial charge is 0.253 e. The summed E-state index contributed by atoms with van der Waals surface area (Å²) in [7, 11) is 2.10. The highest BCUT2D eigenvalue weighted by Crippen LogP contribution is 2.25. The maximum Gasteiger partial charge on any atom is 0.253 e. The molecule has 0 unspecified atom stereocenters. The second-order valence-corrected chi connectivity index (χ2v) is 5.83. The zero-order valence-corrected chi connectivity index (χ0v) is 12.7. The third-order valence-electron chi connectivity index (χ3n) is 3.91. The summed E-state index contributed by atoms with van der Waals surface area (Å²) in [6, 6.07) is 8.27. The first kappa shape index (κ1) is 14.3. The fourth-order valence-electron chi connectivity index (χ4n) is 2.48. The Kier molecular flexibility index (Phi) is 4.08. The number of nitrogens with zero attached hydrogens (tertiary/aromatic N) is 2. The van der Waals surface area contributed by atoms with Crippen LogP contribution in [0.1, 0.15) is 23.2 Å². The SMILES string of the molecule is CN(CCNC(=O)c1cnc(Cl)c2ccccc12)C1CC1. The number of halogens is 1. The highest BCUT2D eigenvalue weighted by molar-refractivity contribution is 6.34. The van der Waals surface area contributed by atoms with Gasteiger partial charge in [0.1, 0.15) is 5.15 Å². The van der Waals surface area contributed by atoms with Crippen LogP contribution in [0.15, 0.2) is 30.5 Å². The summed E-state index contributed by atoms with van der Waals surface area (Å²) in [6.07, 6.45) is 4.09. The minimum Gasteiger partial charge on any atom is -0.351 e. The maximum atomic E-state index is 12.3. The van der Waals surface area contributed by atoms with E-state index in [0.717, 1.165) is 17.3 Å². The molecule has 1 aliphatic carbocycles. The van der Waals surface area contributed by atoms with Crippen LogP contribution in [0.5, 0.6) is 0 Å². The Bertz CT molecular complexity index is 670. The first-order valence-corrected chi connectivity index (χ1v) is 7.56. The largest absolute Gasteiger partial charge is 0.351 e. The van der Waals surface area contributed by atoms with Crippen molar-refractivity contribution in [2.24, 2.45) is 0 Å². The Labute approximate surface area is 129 Å². The second-order valence-electron chi connectivity index (χ2n) is 5.48. The molecule has 0 saturated heterocycles. The van der Waals surface area contributed by atoms with Crippen molar-refractivity contribution >= 4 is 28.3 Å². The number of carbonyl (C=O) groups is 1. The molecule has 4 nitrogen and oxygen atoms in total. The van der Waals surface area contributed by atoms with Gasteiger partial charge in [-0.3, -0.25) is 4.79 Å². The van der Waals surface area contributed by atoms with Gasteiger partial charge in [-0.1, -0.05) is 35.9 Å². The zero-order chi connectivity index (χ0) is 14.8. The first-order chi connectivity index (χ1) is 10.2. The molecule has 0 radical (unpaired) electrons. The molecule has 0 bridgehead atoms. The van der Waals surface area contributed by atoms with Crippen molar-refractivity contribution in [2.45, 2.75) is 18.9 Å². The van der Waals surface area contributed by atoms with Crippen molar-refractivity contribution in [3.05, 3.63) is 41.2 Å². The van der Waals surface area contributed by atoms with E-state index in [9.17, 15) is 4.79 Å². The molecule has 1 saturated carbocycles. The number of benzene rings is 1. The Balaban J connectivity index is 1.71. The lowest BCUT2D eigenvalue weighted by atomic mass is 10.1. The topological polar surface area (TPSA) is 45.2 Å². The predicted octanol–water partition coefficient (Wildman–Crippen LogP) is 2.71.